The minimum atomic E-state index is -0.244. The van der Waals surface area contributed by atoms with Gasteiger partial charge in [0, 0.05) is 9.50 Å². The van der Waals surface area contributed by atoms with Gasteiger partial charge in [-0.2, -0.15) is 0 Å². The van der Waals surface area contributed by atoms with Gasteiger partial charge in [0.15, 0.2) is 0 Å². The first-order valence-electron chi connectivity index (χ1n) is 6.55. The Balaban J connectivity index is 2.38. The third-order valence-electron chi connectivity index (χ3n) is 3.02. The highest BCUT2D eigenvalue weighted by molar-refractivity contribution is 9.10. The largest absolute Gasteiger partial charge is 0.306 e. The number of hydrogen-bond donors (Lipinski definition) is 1. The zero-order chi connectivity index (χ0) is 14.5. The number of hydrogen-bond acceptors (Lipinski definition) is 1. The van der Waals surface area contributed by atoms with E-state index in [-0.39, 0.29) is 11.9 Å². The van der Waals surface area contributed by atoms with Crippen LogP contribution in [-0.2, 0) is 0 Å². The van der Waals surface area contributed by atoms with E-state index in [1.807, 2.05) is 30.3 Å². The van der Waals surface area contributed by atoms with Crippen molar-refractivity contribution in [2.75, 3.05) is 6.54 Å². The van der Waals surface area contributed by atoms with Crippen LogP contribution < -0.4 is 5.32 Å². The fourth-order valence-corrected chi connectivity index (χ4v) is 2.72. The van der Waals surface area contributed by atoms with Crippen molar-refractivity contribution < 1.29 is 4.39 Å². The van der Waals surface area contributed by atoms with Gasteiger partial charge in [-0.1, -0.05) is 46.6 Å². The van der Waals surface area contributed by atoms with Crippen molar-refractivity contribution >= 4 is 27.5 Å². The molecule has 0 spiro atoms. The molecular formula is C16H16BrClFN. The van der Waals surface area contributed by atoms with Crippen LogP contribution in [0.2, 0.25) is 5.02 Å². The molecule has 0 aromatic heterocycles. The molecule has 0 aliphatic carbocycles. The summed E-state index contributed by atoms with van der Waals surface area (Å²) in [6.45, 7) is 2.97. The molecule has 0 radical (unpaired) electrons. The molecule has 0 aliphatic heterocycles. The second kappa shape index (κ2) is 7.21. The summed E-state index contributed by atoms with van der Waals surface area (Å²) in [5, 5.41) is 4.14. The van der Waals surface area contributed by atoms with E-state index in [1.54, 1.807) is 6.07 Å². The molecular weight excluding hydrogens is 341 g/mol. The summed E-state index contributed by atoms with van der Waals surface area (Å²) in [6.07, 6.45) is 1.01. The molecule has 0 amide bonds. The quantitative estimate of drug-likeness (QED) is 0.763. The molecule has 0 heterocycles. The van der Waals surface area contributed by atoms with Crippen LogP contribution in [0.4, 0.5) is 4.39 Å². The van der Waals surface area contributed by atoms with Crippen molar-refractivity contribution in [1.82, 2.24) is 5.32 Å². The van der Waals surface area contributed by atoms with Crippen LogP contribution in [0, 0.1) is 5.82 Å². The molecule has 0 aliphatic rings. The SMILES string of the molecule is CCCNC(c1ccc(Cl)cc1)c1cc(F)cc(Br)c1. The Labute approximate surface area is 132 Å². The molecule has 2 aromatic rings. The van der Waals surface area contributed by atoms with Gasteiger partial charge < -0.3 is 5.32 Å². The maximum absolute atomic E-state index is 13.6. The van der Waals surface area contributed by atoms with E-state index in [0.717, 1.165) is 28.6 Å². The standard InChI is InChI=1S/C16H16BrClFN/c1-2-7-20-16(11-3-5-14(18)6-4-11)12-8-13(17)10-15(19)9-12/h3-6,8-10,16,20H,2,7H2,1H3. The molecule has 20 heavy (non-hydrogen) atoms. The second-order valence-electron chi connectivity index (χ2n) is 4.64. The Kier molecular flexibility index (Phi) is 5.58. The molecule has 1 atom stereocenters. The number of benzene rings is 2. The maximum Gasteiger partial charge on any atom is 0.124 e. The number of nitrogens with one attached hydrogen (secondary N) is 1. The average Bonchev–Trinajstić information content (AvgIpc) is 2.40. The molecule has 0 saturated carbocycles. The minimum Gasteiger partial charge on any atom is -0.306 e. The fraction of sp³-hybridized carbons (Fsp3) is 0.250. The van der Waals surface area contributed by atoms with Gasteiger partial charge >= 0.3 is 0 Å². The summed E-state index contributed by atoms with van der Waals surface area (Å²) in [5.74, 6) is -0.244. The molecule has 1 nitrogen and oxygen atoms in total. The molecule has 106 valence electrons. The van der Waals surface area contributed by atoms with E-state index in [4.69, 9.17) is 11.6 Å². The normalized spacial score (nSPS) is 12.4. The molecule has 2 aromatic carbocycles. The topological polar surface area (TPSA) is 12.0 Å². The van der Waals surface area contributed by atoms with Gasteiger partial charge in [0.05, 0.1) is 6.04 Å². The van der Waals surface area contributed by atoms with Crippen molar-refractivity contribution in [3.63, 3.8) is 0 Å². The lowest BCUT2D eigenvalue weighted by atomic mass is 9.98. The highest BCUT2D eigenvalue weighted by Gasteiger charge is 2.14. The average molecular weight is 357 g/mol. The summed E-state index contributed by atoms with van der Waals surface area (Å²) in [7, 11) is 0. The Bertz CT molecular complexity index is 551. The van der Waals surface area contributed by atoms with Crippen LogP contribution in [0.15, 0.2) is 46.9 Å². The minimum absolute atomic E-state index is 0.0424. The molecule has 1 unspecified atom stereocenters. The van der Waals surface area contributed by atoms with Gasteiger partial charge in [-0.05, 0) is 54.4 Å². The summed E-state index contributed by atoms with van der Waals surface area (Å²) in [6, 6.07) is 12.6. The molecule has 0 fully saturated rings. The predicted octanol–water partition coefficient (Wildman–Crippen LogP) is 5.33. The lowest BCUT2D eigenvalue weighted by molar-refractivity contribution is 0.585. The molecule has 1 N–H and O–H groups in total. The van der Waals surface area contributed by atoms with Crippen molar-refractivity contribution in [1.29, 1.82) is 0 Å². The van der Waals surface area contributed by atoms with Gasteiger partial charge in [0.25, 0.3) is 0 Å². The molecule has 2 rings (SSSR count). The first kappa shape index (κ1) is 15.5. The Morgan fingerprint density at radius 3 is 2.45 bits per heavy atom. The van der Waals surface area contributed by atoms with E-state index >= 15 is 0 Å². The van der Waals surface area contributed by atoms with Crippen LogP contribution in [-0.4, -0.2) is 6.54 Å². The van der Waals surface area contributed by atoms with Gasteiger partial charge in [-0.3, -0.25) is 0 Å². The second-order valence-corrected chi connectivity index (χ2v) is 5.99. The zero-order valence-corrected chi connectivity index (χ0v) is 13.5. The van der Waals surface area contributed by atoms with Crippen molar-refractivity contribution in [2.45, 2.75) is 19.4 Å². The van der Waals surface area contributed by atoms with Crippen LogP contribution in [0.1, 0.15) is 30.5 Å². The van der Waals surface area contributed by atoms with E-state index < -0.39 is 0 Å². The van der Waals surface area contributed by atoms with E-state index in [9.17, 15) is 4.39 Å². The fourth-order valence-electron chi connectivity index (χ4n) is 2.11. The van der Waals surface area contributed by atoms with Gasteiger partial charge in [-0.15, -0.1) is 0 Å². The summed E-state index contributed by atoms with van der Waals surface area (Å²) >= 11 is 9.27. The highest BCUT2D eigenvalue weighted by atomic mass is 79.9. The maximum atomic E-state index is 13.6. The molecule has 0 bridgehead atoms. The summed E-state index contributed by atoms with van der Waals surface area (Å²) in [5.41, 5.74) is 1.97. The predicted molar refractivity (Wildman–Crippen MR) is 85.7 cm³/mol. The first-order chi connectivity index (χ1) is 9.60. The lowest BCUT2D eigenvalue weighted by Gasteiger charge is -2.20. The van der Waals surface area contributed by atoms with E-state index in [1.165, 1.54) is 6.07 Å². The van der Waals surface area contributed by atoms with Gasteiger partial charge in [0.1, 0.15) is 5.82 Å². The monoisotopic (exact) mass is 355 g/mol. The third-order valence-corrected chi connectivity index (χ3v) is 3.73. The van der Waals surface area contributed by atoms with E-state index in [0.29, 0.717) is 5.02 Å². The Morgan fingerprint density at radius 2 is 1.85 bits per heavy atom. The van der Waals surface area contributed by atoms with Crippen LogP contribution >= 0.6 is 27.5 Å². The van der Waals surface area contributed by atoms with Crippen molar-refractivity contribution in [3.8, 4) is 0 Å². The smallest absolute Gasteiger partial charge is 0.124 e. The Hall–Kier alpha value is -0.900. The summed E-state index contributed by atoms with van der Waals surface area (Å²) in [4.78, 5) is 0. The van der Waals surface area contributed by atoms with Crippen LogP contribution in [0.25, 0.3) is 0 Å². The lowest BCUT2D eigenvalue weighted by Crippen LogP contribution is -2.23. The zero-order valence-electron chi connectivity index (χ0n) is 11.2. The van der Waals surface area contributed by atoms with Crippen LogP contribution in [0.5, 0.6) is 0 Å². The van der Waals surface area contributed by atoms with Crippen LogP contribution in [0.3, 0.4) is 0 Å². The third kappa shape index (κ3) is 4.05. The van der Waals surface area contributed by atoms with E-state index in [2.05, 4.69) is 28.2 Å². The van der Waals surface area contributed by atoms with Crippen molar-refractivity contribution in [2.24, 2.45) is 0 Å². The Morgan fingerprint density at radius 1 is 1.15 bits per heavy atom. The summed E-state index contributed by atoms with van der Waals surface area (Å²) < 4.78 is 14.4. The number of halogens is 3. The number of rotatable bonds is 5. The first-order valence-corrected chi connectivity index (χ1v) is 7.72. The van der Waals surface area contributed by atoms with Gasteiger partial charge in [0.2, 0.25) is 0 Å². The van der Waals surface area contributed by atoms with Crippen molar-refractivity contribution in [3.05, 3.63) is 68.9 Å². The molecule has 4 heteroatoms. The van der Waals surface area contributed by atoms with Gasteiger partial charge in [-0.25, -0.2) is 4.39 Å². The highest BCUT2D eigenvalue weighted by Crippen LogP contribution is 2.26. The molecule has 0 saturated heterocycles.